The lowest BCUT2D eigenvalue weighted by molar-refractivity contribution is -0.205. The van der Waals surface area contributed by atoms with Gasteiger partial charge in [0.05, 0.1) is 29.4 Å². The summed E-state index contributed by atoms with van der Waals surface area (Å²) in [5, 5.41) is 81.9. The number of phenolic OH excluding ortho intramolecular Hbond substituents is 4. The van der Waals surface area contributed by atoms with Crippen LogP contribution in [0.3, 0.4) is 0 Å². The molecular weight excluding hydrogens is 504 g/mol. The fraction of sp³-hybridized carbons (Fsp3) is 0.462. The molecule has 4 rings (SSSR count). The highest BCUT2D eigenvalue weighted by molar-refractivity contribution is 6.30. The molecular formula is C26H30O12. The van der Waals surface area contributed by atoms with Crippen LogP contribution >= 0.6 is 0 Å². The van der Waals surface area contributed by atoms with Crippen LogP contribution in [-0.4, -0.2) is 89.7 Å². The number of hydrogen-bond acceptors (Lipinski definition) is 12. The van der Waals surface area contributed by atoms with E-state index in [2.05, 4.69) is 0 Å². The van der Waals surface area contributed by atoms with Crippen molar-refractivity contribution in [2.45, 2.75) is 69.4 Å². The van der Waals surface area contributed by atoms with E-state index in [-0.39, 0.29) is 23.1 Å². The van der Waals surface area contributed by atoms with Gasteiger partial charge in [-0.1, -0.05) is 26.2 Å². The summed E-state index contributed by atoms with van der Waals surface area (Å²) in [6, 6.07) is 2.85. The quantitative estimate of drug-likeness (QED) is 0.178. The van der Waals surface area contributed by atoms with Crippen molar-refractivity contribution in [3.63, 3.8) is 0 Å². The topological polar surface area (TPSA) is 214 Å². The van der Waals surface area contributed by atoms with Crippen LogP contribution in [0.1, 0.15) is 76.1 Å². The molecule has 2 aliphatic rings. The molecule has 0 amide bonds. The fourth-order valence-electron chi connectivity index (χ4n) is 4.92. The van der Waals surface area contributed by atoms with Gasteiger partial charge in [0.2, 0.25) is 5.78 Å². The zero-order valence-corrected chi connectivity index (χ0v) is 20.4. The molecule has 0 radical (unpaired) electrons. The third-order valence-corrected chi connectivity index (χ3v) is 6.88. The van der Waals surface area contributed by atoms with Crippen LogP contribution in [0.4, 0.5) is 0 Å². The summed E-state index contributed by atoms with van der Waals surface area (Å²) in [7, 11) is 0. The maximum atomic E-state index is 13.3. The zero-order chi connectivity index (χ0) is 27.9. The van der Waals surface area contributed by atoms with Gasteiger partial charge in [-0.2, -0.15) is 0 Å². The van der Waals surface area contributed by atoms with Gasteiger partial charge >= 0.3 is 0 Å². The Hall–Kier alpha value is -3.26. The molecule has 0 bridgehead atoms. The summed E-state index contributed by atoms with van der Waals surface area (Å²) < 4.78 is 11.3. The largest absolute Gasteiger partial charge is 0.508 e. The molecule has 12 heteroatoms. The van der Waals surface area contributed by atoms with Gasteiger partial charge < -0.3 is 50.3 Å². The molecule has 0 spiro atoms. The first-order valence-corrected chi connectivity index (χ1v) is 12.2. The second-order valence-electron chi connectivity index (χ2n) is 9.45. The van der Waals surface area contributed by atoms with E-state index >= 15 is 0 Å². The van der Waals surface area contributed by atoms with Crippen molar-refractivity contribution in [1.29, 1.82) is 0 Å². The van der Waals surface area contributed by atoms with Gasteiger partial charge in [-0.15, -0.1) is 0 Å². The average Bonchev–Trinajstić information content (AvgIpc) is 3.14. The number of ketones is 2. The predicted octanol–water partition coefficient (Wildman–Crippen LogP) is 0.722. The van der Waals surface area contributed by atoms with Gasteiger partial charge in [-0.05, 0) is 18.6 Å². The molecule has 2 aromatic rings. The maximum Gasteiger partial charge on any atom is 0.201 e. The number of hydrogen-bond donors (Lipinski definition) is 8. The normalized spacial score (nSPS) is 24.2. The van der Waals surface area contributed by atoms with Gasteiger partial charge in [-0.25, -0.2) is 0 Å². The van der Waals surface area contributed by atoms with Gasteiger partial charge in [0, 0.05) is 17.2 Å². The summed E-state index contributed by atoms with van der Waals surface area (Å²) in [5.41, 5.74) is -1.83. The number of benzene rings is 2. The number of carbonyl (C=O) groups excluding carboxylic acids is 2. The maximum absolute atomic E-state index is 13.3. The van der Waals surface area contributed by atoms with E-state index in [1.54, 1.807) is 0 Å². The second-order valence-corrected chi connectivity index (χ2v) is 9.45. The Morgan fingerprint density at radius 3 is 2.26 bits per heavy atom. The molecule has 1 saturated heterocycles. The molecule has 0 saturated carbocycles. The Morgan fingerprint density at radius 2 is 1.61 bits per heavy atom. The molecule has 0 unspecified atom stereocenters. The molecule has 2 aromatic carbocycles. The first kappa shape index (κ1) is 27.8. The summed E-state index contributed by atoms with van der Waals surface area (Å²) >= 11 is 0. The molecule has 1 heterocycles. The monoisotopic (exact) mass is 534 g/mol. The van der Waals surface area contributed by atoms with Crippen molar-refractivity contribution >= 4 is 11.6 Å². The standard InChI is InChI=1S/C26H30O12/c1-2-3-4-5-16(37-26-24(36)23(35)25(38-26)15(31)9-27)19-14(30)8-12-18(22(19)34)21(33)17-11(20(12)32)6-10(28)7-13(17)29/h6-8,15-16,23-31,34-36H,2-5,9H2,1H3/t15-,16+,23-,24-,25+,26-/m1/s1. The number of fused-ring (bicyclic) bond motifs is 2. The number of aliphatic hydroxyl groups is 4. The zero-order valence-electron chi connectivity index (χ0n) is 20.4. The Balaban J connectivity index is 1.76. The van der Waals surface area contributed by atoms with Crippen molar-refractivity contribution in [3.8, 4) is 23.0 Å². The smallest absolute Gasteiger partial charge is 0.201 e. The third kappa shape index (κ3) is 4.70. The van der Waals surface area contributed by atoms with Crippen molar-refractivity contribution in [2.75, 3.05) is 6.61 Å². The average molecular weight is 535 g/mol. The minimum absolute atomic E-state index is 0.154. The highest BCUT2D eigenvalue weighted by Crippen LogP contribution is 2.47. The van der Waals surface area contributed by atoms with Crippen LogP contribution in [0.2, 0.25) is 0 Å². The van der Waals surface area contributed by atoms with Crippen molar-refractivity contribution in [1.82, 2.24) is 0 Å². The van der Waals surface area contributed by atoms with E-state index in [1.165, 1.54) is 0 Å². The van der Waals surface area contributed by atoms with Crippen molar-refractivity contribution in [2.24, 2.45) is 0 Å². The number of ether oxygens (including phenoxy) is 2. The predicted molar refractivity (Wildman–Crippen MR) is 128 cm³/mol. The number of carbonyl (C=O) groups is 2. The highest BCUT2D eigenvalue weighted by atomic mass is 16.7. The van der Waals surface area contributed by atoms with Gasteiger partial charge in [0.15, 0.2) is 12.1 Å². The van der Waals surface area contributed by atoms with E-state index in [4.69, 9.17) is 9.47 Å². The van der Waals surface area contributed by atoms with Gasteiger partial charge in [-0.3, -0.25) is 9.59 Å². The first-order valence-electron chi connectivity index (χ1n) is 12.2. The van der Waals surface area contributed by atoms with E-state index in [0.29, 0.717) is 6.42 Å². The molecule has 1 fully saturated rings. The van der Waals surface area contributed by atoms with E-state index in [1.807, 2.05) is 6.92 Å². The molecule has 206 valence electrons. The second kappa shape index (κ2) is 10.8. The molecule has 8 N–H and O–H groups in total. The number of unbranched alkanes of at least 4 members (excludes halogenated alkanes) is 2. The number of aliphatic hydroxyl groups excluding tert-OH is 4. The lowest BCUT2D eigenvalue weighted by atomic mass is 9.81. The lowest BCUT2D eigenvalue weighted by Crippen LogP contribution is -2.40. The van der Waals surface area contributed by atoms with Gasteiger partial charge in [0.25, 0.3) is 0 Å². The third-order valence-electron chi connectivity index (χ3n) is 6.88. The number of phenols is 4. The molecule has 1 aliphatic heterocycles. The van der Waals surface area contributed by atoms with Crippen LogP contribution in [0, 0.1) is 0 Å². The van der Waals surface area contributed by atoms with E-state index in [0.717, 1.165) is 31.0 Å². The van der Waals surface area contributed by atoms with Crippen LogP contribution in [0.15, 0.2) is 18.2 Å². The summed E-state index contributed by atoms with van der Waals surface area (Å²) in [5.74, 6) is -4.24. The fourth-order valence-corrected chi connectivity index (χ4v) is 4.92. The summed E-state index contributed by atoms with van der Waals surface area (Å²) in [4.78, 5) is 26.4. The Labute approximate surface area is 216 Å². The summed E-state index contributed by atoms with van der Waals surface area (Å²) in [6.07, 6.45) is -6.72. The minimum Gasteiger partial charge on any atom is -0.508 e. The molecule has 0 aromatic heterocycles. The molecule has 12 nitrogen and oxygen atoms in total. The molecule has 1 aliphatic carbocycles. The van der Waals surface area contributed by atoms with E-state index in [9.17, 15) is 50.4 Å². The minimum atomic E-state index is -1.66. The lowest BCUT2D eigenvalue weighted by Gasteiger charge is -2.28. The Morgan fingerprint density at radius 1 is 0.921 bits per heavy atom. The van der Waals surface area contributed by atoms with Crippen molar-refractivity contribution < 1.29 is 59.9 Å². The summed E-state index contributed by atoms with van der Waals surface area (Å²) in [6.45, 7) is 1.19. The van der Waals surface area contributed by atoms with Crippen LogP contribution in [-0.2, 0) is 9.47 Å². The number of rotatable bonds is 9. The molecule has 38 heavy (non-hydrogen) atoms. The van der Waals surface area contributed by atoms with E-state index < -0.39 is 89.1 Å². The highest BCUT2D eigenvalue weighted by Gasteiger charge is 2.48. The molecule has 6 atom stereocenters. The van der Waals surface area contributed by atoms with Crippen molar-refractivity contribution in [3.05, 3.63) is 46.0 Å². The van der Waals surface area contributed by atoms with Gasteiger partial charge in [0.1, 0.15) is 47.4 Å². The number of aromatic hydroxyl groups is 4. The van der Waals surface area contributed by atoms with Crippen LogP contribution in [0.5, 0.6) is 23.0 Å². The van der Waals surface area contributed by atoms with Crippen LogP contribution < -0.4 is 0 Å². The Bertz CT molecular complexity index is 1240. The Kier molecular flexibility index (Phi) is 7.93. The SMILES string of the molecule is CCCCC[C@H](O[C@@H]1O[C@@H]([C@H](O)CO)[C@H](O)[C@H]1O)c1c(O)cc2c(c1O)C(=O)c1c(O)cc(O)cc1C2=O. The van der Waals surface area contributed by atoms with Crippen LogP contribution in [0.25, 0.3) is 0 Å². The first-order chi connectivity index (χ1) is 18.0.